The molecule has 0 aliphatic rings. The summed E-state index contributed by atoms with van der Waals surface area (Å²) in [5.74, 6) is 2.76. The summed E-state index contributed by atoms with van der Waals surface area (Å²) in [5.41, 5.74) is 2.10. The predicted octanol–water partition coefficient (Wildman–Crippen LogP) is 3.45. The summed E-state index contributed by atoms with van der Waals surface area (Å²) in [6, 6.07) is 10.0. The van der Waals surface area contributed by atoms with Crippen LogP contribution in [0, 0.1) is 0 Å². The number of aliphatic imine (C=N–C) groups is 1. The highest BCUT2D eigenvalue weighted by Gasteiger charge is 2.08. The number of guanidine groups is 1. The van der Waals surface area contributed by atoms with Gasteiger partial charge in [-0.1, -0.05) is 38.1 Å². The second-order valence-electron chi connectivity index (χ2n) is 6.15. The third kappa shape index (κ3) is 6.14. The van der Waals surface area contributed by atoms with Crippen LogP contribution in [0.3, 0.4) is 0 Å². The number of ether oxygens (including phenoxy) is 1. The molecule has 0 atom stereocenters. The van der Waals surface area contributed by atoms with Crippen LogP contribution in [0.2, 0.25) is 0 Å². The molecule has 6 nitrogen and oxygen atoms in total. The zero-order valence-corrected chi connectivity index (χ0v) is 15.5. The fourth-order valence-corrected chi connectivity index (χ4v) is 2.23. The van der Waals surface area contributed by atoms with E-state index in [1.165, 1.54) is 0 Å². The van der Waals surface area contributed by atoms with Gasteiger partial charge in [0.15, 0.2) is 11.7 Å². The van der Waals surface area contributed by atoms with Crippen molar-refractivity contribution in [3.05, 3.63) is 47.3 Å². The lowest BCUT2D eigenvalue weighted by molar-refractivity contribution is 0.317. The van der Waals surface area contributed by atoms with Gasteiger partial charge in [-0.25, -0.2) is 0 Å². The van der Waals surface area contributed by atoms with Crippen molar-refractivity contribution in [1.29, 1.82) is 0 Å². The van der Waals surface area contributed by atoms with Gasteiger partial charge in [0.05, 0.1) is 18.8 Å². The number of benzene rings is 1. The van der Waals surface area contributed by atoms with E-state index in [4.69, 9.17) is 9.26 Å². The first-order valence-electron chi connectivity index (χ1n) is 8.74. The van der Waals surface area contributed by atoms with E-state index in [1.54, 1.807) is 7.05 Å². The number of nitrogens with zero attached hydrogens (tertiary/aromatic N) is 2. The summed E-state index contributed by atoms with van der Waals surface area (Å²) < 4.78 is 11.0. The molecular formula is C19H28N4O2. The van der Waals surface area contributed by atoms with E-state index in [1.807, 2.05) is 24.3 Å². The van der Waals surface area contributed by atoms with Crippen LogP contribution in [0.1, 0.15) is 50.1 Å². The fraction of sp³-hybridized carbons (Fsp3) is 0.474. The topological polar surface area (TPSA) is 71.7 Å². The molecule has 0 saturated heterocycles. The molecule has 0 bridgehead atoms. The van der Waals surface area contributed by atoms with E-state index in [0.717, 1.165) is 35.8 Å². The van der Waals surface area contributed by atoms with E-state index in [0.29, 0.717) is 25.0 Å². The molecule has 136 valence electrons. The molecule has 25 heavy (non-hydrogen) atoms. The zero-order valence-electron chi connectivity index (χ0n) is 15.5. The van der Waals surface area contributed by atoms with Crippen LogP contribution in [-0.2, 0) is 13.1 Å². The van der Waals surface area contributed by atoms with Crippen molar-refractivity contribution in [2.45, 2.75) is 46.2 Å². The molecule has 0 fully saturated rings. The fourth-order valence-electron chi connectivity index (χ4n) is 2.23. The molecule has 0 unspecified atom stereocenters. The monoisotopic (exact) mass is 344 g/mol. The molecule has 6 heteroatoms. The lowest BCUT2D eigenvalue weighted by atomic mass is 10.1. The van der Waals surface area contributed by atoms with Crippen LogP contribution in [-0.4, -0.2) is 24.8 Å². The van der Waals surface area contributed by atoms with Crippen LogP contribution in [0.4, 0.5) is 0 Å². The number of hydrogen-bond acceptors (Lipinski definition) is 4. The molecule has 0 aliphatic heterocycles. The largest absolute Gasteiger partial charge is 0.494 e. The first-order chi connectivity index (χ1) is 12.1. The Morgan fingerprint density at radius 1 is 1.24 bits per heavy atom. The lowest BCUT2D eigenvalue weighted by Gasteiger charge is -2.12. The Labute approximate surface area is 149 Å². The van der Waals surface area contributed by atoms with Crippen molar-refractivity contribution < 1.29 is 9.26 Å². The van der Waals surface area contributed by atoms with Gasteiger partial charge in [0.25, 0.3) is 0 Å². The van der Waals surface area contributed by atoms with Gasteiger partial charge in [-0.05, 0) is 30.0 Å². The van der Waals surface area contributed by atoms with E-state index in [9.17, 15) is 0 Å². The minimum Gasteiger partial charge on any atom is -0.494 e. The maximum absolute atomic E-state index is 5.66. The van der Waals surface area contributed by atoms with Crippen molar-refractivity contribution >= 4 is 5.96 Å². The second kappa shape index (κ2) is 9.71. The smallest absolute Gasteiger partial charge is 0.191 e. The third-order valence-electron chi connectivity index (χ3n) is 3.65. The van der Waals surface area contributed by atoms with Crippen molar-refractivity contribution in [3.8, 4) is 5.75 Å². The van der Waals surface area contributed by atoms with Crippen molar-refractivity contribution in [1.82, 2.24) is 15.8 Å². The Hall–Kier alpha value is -2.50. The van der Waals surface area contributed by atoms with Crippen molar-refractivity contribution in [2.75, 3.05) is 13.7 Å². The molecule has 0 radical (unpaired) electrons. The van der Waals surface area contributed by atoms with Gasteiger partial charge in [0.1, 0.15) is 5.75 Å². The molecule has 1 aromatic carbocycles. The molecule has 2 N–H and O–H groups in total. The molecule has 0 spiro atoms. The highest BCUT2D eigenvalue weighted by Crippen LogP contribution is 2.14. The average molecular weight is 344 g/mol. The first-order valence-corrected chi connectivity index (χ1v) is 8.74. The van der Waals surface area contributed by atoms with Gasteiger partial charge < -0.3 is 19.9 Å². The Bertz CT molecular complexity index is 680. The third-order valence-corrected chi connectivity index (χ3v) is 3.65. The average Bonchev–Trinajstić information content (AvgIpc) is 3.10. The molecule has 0 saturated carbocycles. The molecule has 1 aromatic heterocycles. The SMILES string of the molecule is CCCOc1cccc(CNC(=NC)NCc2cc(C(C)C)no2)c1. The summed E-state index contributed by atoms with van der Waals surface area (Å²) in [7, 11) is 1.75. The van der Waals surface area contributed by atoms with E-state index < -0.39 is 0 Å². The number of nitrogens with one attached hydrogen (secondary N) is 2. The number of rotatable bonds is 8. The van der Waals surface area contributed by atoms with Crippen LogP contribution in [0.25, 0.3) is 0 Å². The highest BCUT2D eigenvalue weighted by molar-refractivity contribution is 5.79. The maximum atomic E-state index is 5.66. The predicted molar refractivity (Wildman–Crippen MR) is 99.9 cm³/mol. The summed E-state index contributed by atoms with van der Waals surface area (Å²) in [6.45, 7) is 8.22. The van der Waals surface area contributed by atoms with Gasteiger partial charge in [0, 0.05) is 19.7 Å². The lowest BCUT2D eigenvalue weighted by Crippen LogP contribution is -2.36. The molecule has 1 heterocycles. The van der Waals surface area contributed by atoms with Gasteiger partial charge in [-0.3, -0.25) is 4.99 Å². The zero-order chi connectivity index (χ0) is 18.1. The summed E-state index contributed by atoms with van der Waals surface area (Å²) >= 11 is 0. The van der Waals surface area contributed by atoms with Crippen LogP contribution < -0.4 is 15.4 Å². The second-order valence-corrected chi connectivity index (χ2v) is 6.15. The summed E-state index contributed by atoms with van der Waals surface area (Å²) in [4.78, 5) is 4.23. The van der Waals surface area contributed by atoms with Crippen LogP contribution in [0.15, 0.2) is 39.8 Å². The van der Waals surface area contributed by atoms with Gasteiger partial charge in [-0.15, -0.1) is 0 Å². The van der Waals surface area contributed by atoms with Crippen LogP contribution >= 0.6 is 0 Å². The number of hydrogen-bond donors (Lipinski definition) is 2. The summed E-state index contributed by atoms with van der Waals surface area (Å²) in [6.07, 6.45) is 0.999. The maximum Gasteiger partial charge on any atom is 0.191 e. The van der Waals surface area contributed by atoms with E-state index in [2.05, 4.69) is 47.6 Å². The van der Waals surface area contributed by atoms with Gasteiger partial charge in [-0.2, -0.15) is 0 Å². The molecule has 2 aromatic rings. The van der Waals surface area contributed by atoms with Crippen LogP contribution in [0.5, 0.6) is 5.75 Å². The minimum atomic E-state index is 0.358. The van der Waals surface area contributed by atoms with Crippen molar-refractivity contribution in [3.63, 3.8) is 0 Å². The van der Waals surface area contributed by atoms with Gasteiger partial charge in [0.2, 0.25) is 0 Å². The molecule has 0 aliphatic carbocycles. The molecule has 0 amide bonds. The quantitative estimate of drug-likeness (QED) is 0.567. The standard InChI is InChI=1S/C19H28N4O2/c1-5-9-24-16-8-6-7-15(10-16)12-21-19(20-4)22-13-17-11-18(14(2)3)23-25-17/h6-8,10-11,14H,5,9,12-13H2,1-4H3,(H2,20,21,22). The van der Waals surface area contributed by atoms with Gasteiger partial charge >= 0.3 is 0 Å². The Morgan fingerprint density at radius 3 is 2.72 bits per heavy atom. The van der Waals surface area contributed by atoms with E-state index in [-0.39, 0.29) is 0 Å². The highest BCUT2D eigenvalue weighted by atomic mass is 16.5. The number of aromatic nitrogens is 1. The normalized spacial score (nSPS) is 11.6. The Morgan fingerprint density at radius 2 is 2.04 bits per heavy atom. The Balaban J connectivity index is 1.83. The molecule has 2 rings (SSSR count). The summed E-state index contributed by atoms with van der Waals surface area (Å²) in [5, 5.41) is 10.6. The molecular weight excluding hydrogens is 316 g/mol. The Kier molecular flexibility index (Phi) is 7.32. The minimum absolute atomic E-state index is 0.358. The first kappa shape index (κ1) is 18.8. The van der Waals surface area contributed by atoms with E-state index >= 15 is 0 Å². The van der Waals surface area contributed by atoms with Crippen molar-refractivity contribution in [2.24, 2.45) is 4.99 Å².